The molecule has 2 rings (SSSR count). The predicted octanol–water partition coefficient (Wildman–Crippen LogP) is 2.17. The Morgan fingerprint density at radius 1 is 1.43 bits per heavy atom. The van der Waals surface area contributed by atoms with E-state index in [2.05, 4.69) is 12.2 Å². The number of aromatic nitrogens is 1. The summed E-state index contributed by atoms with van der Waals surface area (Å²) in [4.78, 5) is 6.27. The molecule has 2 nitrogen and oxygen atoms in total. The summed E-state index contributed by atoms with van der Waals surface area (Å²) >= 11 is 1.93. The van der Waals surface area contributed by atoms with Gasteiger partial charge in [0.25, 0.3) is 0 Å². The molecule has 1 atom stereocenters. The van der Waals surface area contributed by atoms with Gasteiger partial charge in [-0.15, -0.1) is 11.3 Å². The highest BCUT2D eigenvalue weighted by Gasteiger charge is 2.15. The molecule has 1 aliphatic carbocycles. The third-order valence-electron chi connectivity index (χ3n) is 2.86. The molecule has 0 aromatic carbocycles. The van der Waals surface area contributed by atoms with Crippen LogP contribution in [0.15, 0.2) is 0 Å². The van der Waals surface area contributed by atoms with E-state index < -0.39 is 0 Å². The number of likely N-dealkylation sites (N-methyl/N-ethyl adjacent to an activating group) is 1. The minimum Gasteiger partial charge on any atom is -0.317 e. The molecule has 0 amide bonds. The van der Waals surface area contributed by atoms with E-state index in [0.29, 0.717) is 6.04 Å². The van der Waals surface area contributed by atoms with Crippen LogP contribution in [0.2, 0.25) is 0 Å². The highest BCUT2D eigenvalue weighted by molar-refractivity contribution is 7.11. The molecule has 0 radical (unpaired) electrons. The third-order valence-corrected chi connectivity index (χ3v) is 4.04. The quantitative estimate of drug-likeness (QED) is 0.827. The van der Waals surface area contributed by atoms with Crippen LogP contribution in [-0.2, 0) is 19.3 Å². The fourth-order valence-corrected chi connectivity index (χ4v) is 3.14. The second kappa shape index (κ2) is 4.41. The summed E-state index contributed by atoms with van der Waals surface area (Å²) in [6.07, 6.45) is 6.24. The van der Waals surface area contributed by atoms with Crippen LogP contribution in [0, 0.1) is 0 Å². The van der Waals surface area contributed by atoms with Crippen molar-refractivity contribution in [3.63, 3.8) is 0 Å². The fraction of sp³-hybridized carbons (Fsp3) is 0.727. The van der Waals surface area contributed by atoms with Crippen molar-refractivity contribution in [2.75, 3.05) is 7.05 Å². The van der Waals surface area contributed by atoms with Gasteiger partial charge >= 0.3 is 0 Å². The summed E-state index contributed by atoms with van der Waals surface area (Å²) in [7, 11) is 2.01. The molecule has 0 spiro atoms. The number of aryl methyl sites for hydroxylation is 2. The maximum Gasteiger partial charge on any atom is 0.0946 e. The standard InChI is InChI=1S/C11H18N2S/c1-8(12-2)7-11-13-9-5-3-4-6-10(9)14-11/h8,12H,3-7H2,1-2H3. The van der Waals surface area contributed by atoms with Crippen molar-refractivity contribution in [3.05, 3.63) is 15.6 Å². The van der Waals surface area contributed by atoms with Crippen LogP contribution < -0.4 is 5.32 Å². The molecule has 1 aromatic heterocycles. The highest BCUT2D eigenvalue weighted by Crippen LogP contribution is 2.27. The van der Waals surface area contributed by atoms with Gasteiger partial charge < -0.3 is 5.32 Å². The van der Waals surface area contributed by atoms with Crippen molar-refractivity contribution in [1.82, 2.24) is 10.3 Å². The van der Waals surface area contributed by atoms with Crippen molar-refractivity contribution in [1.29, 1.82) is 0 Å². The summed E-state index contributed by atoms with van der Waals surface area (Å²) < 4.78 is 0. The van der Waals surface area contributed by atoms with Crippen LogP contribution in [-0.4, -0.2) is 18.1 Å². The van der Waals surface area contributed by atoms with Crippen LogP contribution in [0.1, 0.15) is 35.3 Å². The Balaban J connectivity index is 2.08. The number of fused-ring (bicyclic) bond motifs is 1. The molecular formula is C11H18N2S. The lowest BCUT2D eigenvalue weighted by Crippen LogP contribution is -2.23. The zero-order chi connectivity index (χ0) is 9.97. The minimum atomic E-state index is 0.544. The first-order valence-electron chi connectivity index (χ1n) is 5.44. The molecule has 1 aliphatic rings. The molecule has 1 aromatic rings. The summed E-state index contributed by atoms with van der Waals surface area (Å²) in [5.74, 6) is 0. The Labute approximate surface area is 89.8 Å². The SMILES string of the molecule is CNC(C)Cc1nc2c(s1)CCCC2. The number of nitrogens with one attached hydrogen (secondary N) is 1. The molecule has 0 saturated carbocycles. The molecule has 14 heavy (non-hydrogen) atoms. The largest absolute Gasteiger partial charge is 0.317 e. The van der Waals surface area contributed by atoms with Crippen molar-refractivity contribution >= 4 is 11.3 Å². The van der Waals surface area contributed by atoms with E-state index in [9.17, 15) is 0 Å². The number of hydrogen-bond donors (Lipinski definition) is 1. The van der Waals surface area contributed by atoms with Gasteiger partial charge in [0.05, 0.1) is 10.7 Å². The van der Waals surface area contributed by atoms with Crippen LogP contribution in [0.3, 0.4) is 0 Å². The number of rotatable bonds is 3. The first-order chi connectivity index (χ1) is 6.79. The van der Waals surface area contributed by atoms with Gasteiger partial charge in [-0.1, -0.05) is 0 Å². The van der Waals surface area contributed by atoms with Crippen LogP contribution in [0.25, 0.3) is 0 Å². The monoisotopic (exact) mass is 210 g/mol. The summed E-state index contributed by atoms with van der Waals surface area (Å²) in [6.45, 7) is 2.21. The van der Waals surface area contributed by atoms with Gasteiger partial charge in [-0.25, -0.2) is 4.98 Å². The lowest BCUT2D eigenvalue weighted by molar-refractivity contribution is 0.604. The second-order valence-corrected chi connectivity index (χ2v) is 5.25. The fourth-order valence-electron chi connectivity index (χ4n) is 1.86. The van der Waals surface area contributed by atoms with E-state index in [0.717, 1.165) is 6.42 Å². The normalized spacial score (nSPS) is 17.9. The zero-order valence-electron chi connectivity index (χ0n) is 8.97. The molecular weight excluding hydrogens is 192 g/mol. The van der Waals surface area contributed by atoms with E-state index in [1.54, 1.807) is 4.88 Å². The Morgan fingerprint density at radius 2 is 2.21 bits per heavy atom. The van der Waals surface area contributed by atoms with Gasteiger partial charge in [0.1, 0.15) is 0 Å². The maximum atomic E-state index is 4.72. The van der Waals surface area contributed by atoms with E-state index in [-0.39, 0.29) is 0 Å². The maximum absolute atomic E-state index is 4.72. The Hall–Kier alpha value is -0.410. The van der Waals surface area contributed by atoms with Crippen LogP contribution >= 0.6 is 11.3 Å². The van der Waals surface area contributed by atoms with Crippen molar-refractivity contribution in [3.8, 4) is 0 Å². The van der Waals surface area contributed by atoms with Gasteiger partial charge in [-0.3, -0.25) is 0 Å². The number of hydrogen-bond acceptors (Lipinski definition) is 3. The lowest BCUT2D eigenvalue weighted by Gasteiger charge is -2.06. The van der Waals surface area contributed by atoms with E-state index in [4.69, 9.17) is 4.98 Å². The van der Waals surface area contributed by atoms with Crippen molar-refractivity contribution in [2.45, 2.75) is 45.1 Å². The molecule has 0 fully saturated rings. The predicted molar refractivity (Wildman–Crippen MR) is 61.0 cm³/mol. The molecule has 1 heterocycles. The van der Waals surface area contributed by atoms with Gasteiger partial charge in [-0.05, 0) is 39.7 Å². The molecule has 1 unspecified atom stereocenters. The Bertz CT molecular complexity index is 283. The third kappa shape index (κ3) is 2.15. The molecule has 1 N–H and O–H groups in total. The first kappa shape index (κ1) is 10.1. The average Bonchev–Trinajstić information content (AvgIpc) is 2.59. The molecule has 3 heteroatoms. The first-order valence-corrected chi connectivity index (χ1v) is 6.26. The van der Waals surface area contributed by atoms with Crippen LogP contribution in [0.4, 0.5) is 0 Å². The highest BCUT2D eigenvalue weighted by atomic mass is 32.1. The Morgan fingerprint density at radius 3 is 2.93 bits per heavy atom. The van der Waals surface area contributed by atoms with Gasteiger partial charge in [0.15, 0.2) is 0 Å². The topological polar surface area (TPSA) is 24.9 Å². The summed E-state index contributed by atoms with van der Waals surface area (Å²) in [5.41, 5.74) is 1.39. The van der Waals surface area contributed by atoms with Crippen molar-refractivity contribution in [2.24, 2.45) is 0 Å². The molecule has 0 bridgehead atoms. The van der Waals surface area contributed by atoms with Gasteiger partial charge in [0.2, 0.25) is 0 Å². The van der Waals surface area contributed by atoms with E-state index in [1.165, 1.54) is 36.4 Å². The summed E-state index contributed by atoms with van der Waals surface area (Å²) in [5, 5.41) is 4.58. The molecule has 78 valence electrons. The van der Waals surface area contributed by atoms with E-state index in [1.807, 2.05) is 18.4 Å². The zero-order valence-corrected chi connectivity index (χ0v) is 9.78. The van der Waals surface area contributed by atoms with Gasteiger partial charge in [0, 0.05) is 17.3 Å². The van der Waals surface area contributed by atoms with Gasteiger partial charge in [-0.2, -0.15) is 0 Å². The second-order valence-electron chi connectivity index (χ2n) is 4.08. The van der Waals surface area contributed by atoms with Crippen LogP contribution in [0.5, 0.6) is 0 Å². The average molecular weight is 210 g/mol. The minimum absolute atomic E-state index is 0.544. The number of thiazole rings is 1. The molecule has 0 saturated heterocycles. The molecule has 0 aliphatic heterocycles. The number of nitrogens with zero attached hydrogens (tertiary/aromatic N) is 1. The van der Waals surface area contributed by atoms with E-state index >= 15 is 0 Å². The smallest absolute Gasteiger partial charge is 0.0946 e. The van der Waals surface area contributed by atoms with Crippen molar-refractivity contribution < 1.29 is 0 Å². The Kier molecular flexibility index (Phi) is 3.19. The lowest BCUT2D eigenvalue weighted by atomic mass is 10.0. The summed E-state index contributed by atoms with van der Waals surface area (Å²) in [6, 6.07) is 0.544.